The van der Waals surface area contributed by atoms with E-state index < -0.39 is 0 Å². The Hall–Kier alpha value is -1.60. The molecule has 2 rings (SSSR count). The zero-order chi connectivity index (χ0) is 17.4. The van der Waals surface area contributed by atoms with E-state index >= 15 is 0 Å². The number of nitrogens with zero attached hydrogens (tertiary/aromatic N) is 2. The minimum absolute atomic E-state index is 0.184. The Balaban J connectivity index is 1.92. The quantitative estimate of drug-likeness (QED) is 0.581. The van der Waals surface area contributed by atoms with Gasteiger partial charge in [-0.1, -0.05) is 19.0 Å². The van der Waals surface area contributed by atoms with Crippen molar-refractivity contribution in [3.05, 3.63) is 17.0 Å². The van der Waals surface area contributed by atoms with Crippen molar-refractivity contribution in [2.75, 3.05) is 33.9 Å². The summed E-state index contributed by atoms with van der Waals surface area (Å²) in [6, 6.07) is 0. The molecular formula is C17H30N4O3. The van der Waals surface area contributed by atoms with Crippen LogP contribution in [0.15, 0.2) is 9.52 Å². The number of ether oxygens (including phenoxy) is 2. The van der Waals surface area contributed by atoms with Crippen molar-refractivity contribution in [1.29, 1.82) is 0 Å². The SMILES string of the molecule is CCc1noc(CC)c1CNC(=NC)NCC1(OC)CCOCC1. The predicted octanol–water partition coefficient (Wildman–Crippen LogP) is 1.66. The van der Waals surface area contributed by atoms with Crippen LogP contribution >= 0.6 is 0 Å². The van der Waals surface area contributed by atoms with Crippen LogP contribution in [0.2, 0.25) is 0 Å². The van der Waals surface area contributed by atoms with Crippen molar-refractivity contribution in [3.63, 3.8) is 0 Å². The minimum atomic E-state index is -0.184. The van der Waals surface area contributed by atoms with Gasteiger partial charge < -0.3 is 24.6 Å². The maximum Gasteiger partial charge on any atom is 0.191 e. The van der Waals surface area contributed by atoms with Gasteiger partial charge in [-0.05, 0) is 6.42 Å². The Morgan fingerprint density at radius 3 is 2.58 bits per heavy atom. The zero-order valence-electron chi connectivity index (χ0n) is 15.3. The van der Waals surface area contributed by atoms with Crippen LogP contribution in [0.4, 0.5) is 0 Å². The van der Waals surface area contributed by atoms with E-state index in [9.17, 15) is 0 Å². The number of methoxy groups -OCH3 is 1. The maximum absolute atomic E-state index is 5.75. The van der Waals surface area contributed by atoms with Gasteiger partial charge in [0.2, 0.25) is 0 Å². The summed E-state index contributed by atoms with van der Waals surface area (Å²) in [4.78, 5) is 4.30. The second kappa shape index (κ2) is 9.03. The first-order chi connectivity index (χ1) is 11.7. The average Bonchev–Trinajstić information content (AvgIpc) is 3.04. The molecule has 1 aromatic rings. The smallest absolute Gasteiger partial charge is 0.191 e. The van der Waals surface area contributed by atoms with Gasteiger partial charge in [-0.25, -0.2) is 0 Å². The third-order valence-corrected chi connectivity index (χ3v) is 4.68. The van der Waals surface area contributed by atoms with Crippen molar-refractivity contribution in [1.82, 2.24) is 15.8 Å². The fourth-order valence-corrected chi connectivity index (χ4v) is 2.97. The molecule has 0 bridgehead atoms. The number of aryl methyl sites for hydroxylation is 2. The van der Waals surface area contributed by atoms with Gasteiger partial charge in [0.25, 0.3) is 0 Å². The molecule has 0 atom stereocenters. The van der Waals surface area contributed by atoms with Gasteiger partial charge in [-0.15, -0.1) is 0 Å². The molecular weight excluding hydrogens is 308 g/mol. The Morgan fingerprint density at radius 1 is 1.25 bits per heavy atom. The van der Waals surface area contributed by atoms with Crippen LogP contribution in [0.25, 0.3) is 0 Å². The summed E-state index contributed by atoms with van der Waals surface area (Å²) in [5.41, 5.74) is 1.96. The number of aromatic nitrogens is 1. The average molecular weight is 338 g/mol. The molecule has 0 aliphatic carbocycles. The van der Waals surface area contributed by atoms with E-state index in [1.165, 1.54) is 0 Å². The van der Waals surface area contributed by atoms with Crippen LogP contribution in [0.1, 0.15) is 43.7 Å². The molecule has 2 heterocycles. The normalized spacial score (nSPS) is 17.8. The highest BCUT2D eigenvalue weighted by Gasteiger charge is 2.32. The molecule has 0 spiro atoms. The largest absolute Gasteiger partial charge is 0.381 e. The molecule has 0 aromatic carbocycles. The topological polar surface area (TPSA) is 80.9 Å². The van der Waals surface area contributed by atoms with Crippen molar-refractivity contribution < 1.29 is 14.0 Å². The summed E-state index contributed by atoms with van der Waals surface area (Å²) < 4.78 is 16.6. The molecule has 24 heavy (non-hydrogen) atoms. The summed E-state index contributed by atoms with van der Waals surface area (Å²) in [5.74, 6) is 1.69. The van der Waals surface area contributed by atoms with Gasteiger partial charge in [0, 0.05) is 65.3 Å². The molecule has 0 saturated carbocycles. The molecule has 0 radical (unpaired) electrons. The lowest BCUT2D eigenvalue weighted by atomic mass is 9.94. The van der Waals surface area contributed by atoms with Crippen molar-refractivity contribution >= 4 is 5.96 Å². The molecule has 1 aliphatic heterocycles. The van der Waals surface area contributed by atoms with Gasteiger partial charge in [0.1, 0.15) is 5.76 Å². The Kier molecular flexibility index (Phi) is 7.05. The van der Waals surface area contributed by atoms with E-state index in [0.29, 0.717) is 13.1 Å². The number of hydrogen-bond acceptors (Lipinski definition) is 5. The number of rotatable bonds is 7. The number of guanidine groups is 1. The van der Waals surface area contributed by atoms with E-state index in [1.54, 1.807) is 14.2 Å². The van der Waals surface area contributed by atoms with Crippen molar-refractivity contribution in [2.45, 2.75) is 51.7 Å². The Morgan fingerprint density at radius 2 is 2.00 bits per heavy atom. The number of nitrogens with one attached hydrogen (secondary N) is 2. The van der Waals surface area contributed by atoms with Gasteiger partial charge in [0.15, 0.2) is 5.96 Å². The van der Waals surface area contributed by atoms with Crippen LogP contribution < -0.4 is 10.6 Å². The fraction of sp³-hybridized carbons (Fsp3) is 0.765. The van der Waals surface area contributed by atoms with Gasteiger partial charge >= 0.3 is 0 Å². The van der Waals surface area contributed by atoms with Crippen LogP contribution in [0, 0.1) is 0 Å². The maximum atomic E-state index is 5.75. The highest BCUT2D eigenvalue weighted by Crippen LogP contribution is 2.23. The van der Waals surface area contributed by atoms with Crippen molar-refractivity contribution in [2.24, 2.45) is 4.99 Å². The van der Waals surface area contributed by atoms with E-state index in [4.69, 9.17) is 14.0 Å². The molecule has 0 unspecified atom stereocenters. The Bertz CT molecular complexity index is 514. The third-order valence-electron chi connectivity index (χ3n) is 4.68. The molecule has 7 heteroatoms. The summed E-state index contributed by atoms with van der Waals surface area (Å²) in [7, 11) is 3.54. The molecule has 2 N–H and O–H groups in total. The lowest BCUT2D eigenvalue weighted by molar-refractivity contribution is -0.0855. The van der Waals surface area contributed by atoms with Gasteiger partial charge in [-0.2, -0.15) is 0 Å². The molecule has 7 nitrogen and oxygen atoms in total. The molecule has 1 saturated heterocycles. The predicted molar refractivity (Wildman–Crippen MR) is 93.3 cm³/mol. The van der Waals surface area contributed by atoms with Gasteiger partial charge in [-0.3, -0.25) is 4.99 Å². The first kappa shape index (κ1) is 18.7. The Labute approximate surface area is 144 Å². The van der Waals surface area contributed by atoms with Crippen molar-refractivity contribution in [3.8, 4) is 0 Å². The standard InChI is InChI=1S/C17H30N4O3/c1-5-14-13(15(6-2)24-21-14)11-19-16(18-3)20-12-17(22-4)7-9-23-10-8-17/h5-12H2,1-4H3,(H2,18,19,20). The molecule has 136 valence electrons. The summed E-state index contributed by atoms with van der Waals surface area (Å²) in [5, 5.41) is 10.9. The minimum Gasteiger partial charge on any atom is -0.381 e. The van der Waals surface area contributed by atoms with Crippen LogP contribution in [-0.2, 0) is 28.9 Å². The third kappa shape index (κ3) is 4.48. The zero-order valence-corrected chi connectivity index (χ0v) is 15.3. The van der Waals surface area contributed by atoms with E-state index in [-0.39, 0.29) is 5.60 Å². The summed E-state index contributed by atoms with van der Waals surface area (Å²) in [6.07, 6.45) is 3.47. The highest BCUT2D eigenvalue weighted by atomic mass is 16.5. The van der Waals surface area contributed by atoms with E-state index in [1.807, 2.05) is 0 Å². The molecule has 1 aliphatic rings. The summed E-state index contributed by atoms with van der Waals surface area (Å²) in [6.45, 7) is 6.99. The second-order valence-electron chi connectivity index (χ2n) is 6.02. The second-order valence-corrected chi connectivity index (χ2v) is 6.02. The van der Waals surface area contributed by atoms with Gasteiger partial charge in [0.05, 0.1) is 11.3 Å². The lowest BCUT2D eigenvalue weighted by Gasteiger charge is -2.36. The number of aliphatic imine (C=N–C) groups is 1. The first-order valence-corrected chi connectivity index (χ1v) is 8.71. The van der Waals surface area contributed by atoms with E-state index in [0.717, 1.165) is 61.9 Å². The molecule has 1 aromatic heterocycles. The molecule has 0 amide bonds. The van der Waals surface area contributed by atoms with E-state index in [2.05, 4.69) is 34.6 Å². The molecule has 1 fully saturated rings. The first-order valence-electron chi connectivity index (χ1n) is 8.71. The summed E-state index contributed by atoms with van der Waals surface area (Å²) >= 11 is 0. The van der Waals surface area contributed by atoms with Crippen LogP contribution in [-0.4, -0.2) is 50.6 Å². The fourth-order valence-electron chi connectivity index (χ4n) is 2.97. The van der Waals surface area contributed by atoms with Crippen LogP contribution in [0.5, 0.6) is 0 Å². The number of hydrogen-bond donors (Lipinski definition) is 2. The highest BCUT2D eigenvalue weighted by molar-refractivity contribution is 5.79. The van der Waals surface area contributed by atoms with Crippen LogP contribution in [0.3, 0.4) is 0 Å². The lowest BCUT2D eigenvalue weighted by Crippen LogP contribution is -2.50. The monoisotopic (exact) mass is 338 g/mol.